The van der Waals surface area contributed by atoms with Crippen LogP contribution in [0, 0.1) is 17.7 Å². The van der Waals surface area contributed by atoms with Crippen LogP contribution in [0.15, 0.2) is 42.5 Å². The molecule has 7 heteroatoms. The van der Waals surface area contributed by atoms with Crippen LogP contribution >= 0.6 is 0 Å². The largest absolute Gasteiger partial charge is 0.504 e. The number of piperidine rings is 1. The number of hydrogen-bond acceptors (Lipinski definition) is 5. The Morgan fingerprint density at radius 3 is 2.69 bits per heavy atom. The third kappa shape index (κ3) is 4.70. The van der Waals surface area contributed by atoms with Crippen molar-refractivity contribution >= 4 is 6.09 Å². The van der Waals surface area contributed by atoms with E-state index >= 15 is 0 Å². The summed E-state index contributed by atoms with van der Waals surface area (Å²) in [6.07, 6.45) is 1.57. The number of fused-ring (bicyclic) bond motifs is 4. The summed E-state index contributed by atoms with van der Waals surface area (Å²) in [6, 6.07) is 11.9. The molecule has 0 aromatic heterocycles. The summed E-state index contributed by atoms with van der Waals surface area (Å²) < 4.78 is 32.4. The lowest BCUT2D eigenvalue weighted by atomic mass is 9.68. The molecule has 0 radical (unpaired) electrons. The van der Waals surface area contributed by atoms with Gasteiger partial charge in [-0.05, 0) is 64.3 Å². The molecule has 1 amide bonds. The molecule has 0 aliphatic carbocycles. The van der Waals surface area contributed by atoms with Crippen LogP contribution in [0.5, 0.6) is 11.5 Å². The second-order valence-electron chi connectivity index (χ2n) is 11.3. The number of benzene rings is 2. The van der Waals surface area contributed by atoms with Gasteiger partial charge in [0.25, 0.3) is 0 Å². The first-order valence-electron chi connectivity index (χ1n) is 12.4. The predicted octanol–water partition coefficient (Wildman–Crippen LogP) is 5.63. The Morgan fingerprint density at radius 1 is 1.23 bits per heavy atom. The van der Waals surface area contributed by atoms with Crippen LogP contribution in [0.25, 0.3) is 0 Å². The van der Waals surface area contributed by atoms with E-state index in [1.54, 1.807) is 23.1 Å². The van der Waals surface area contributed by atoms with Gasteiger partial charge < -0.3 is 24.2 Å². The lowest BCUT2D eigenvalue weighted by Crippen LogP contribution is -2.57. The van der Waals surface area contributed by atoms with E-state index in [9.17, 15) is 14.3 Å². The summed E-state index contributed by atoms with van der Waals surface area (Å²) >= 11 is 0. The maximum absolute atomic E-state index is 13.5. The van der Waals surface area contributed by atoms with E-state index in [2.05, 4.69) is 0 Å². The Bertz CT molecular complexity index is 1100. The van der Waals surface area contributed by atoms with Crippen molar-refractivity contribution in [3.05, 3.63) is 59.4 Å². The topological polar surface area (TPSA) is 68.2 Å². The minimum atomic E-state index is -0.687. The summed E-state index contributed by atoms with van der Waals surface area (Å²) in [5.74, 6) is 0.409. The van der Waals surface area contributed by atoms with E-state index in [1.807, 2.05) is 39.8 Å². The number of nitrogens with zero attached hydrogens (tertiary/aromatic N) is 1. The van der Waals surface area contributed by atoms with E-state index < -0.39 is 11.2 Å². The van der Waals surface area contributed by atoms with E-state index in [-0.39, 0.29) is 41.7 Å². The Morgan fingerprint density at radius 2 is 1.97 bits per heavy atom. The summed E-state index contributed by atoms with van der Waals surface area (Å²) in [5, 5.41) is 10.6. The van der Waals surface area contributed by atoms with Gasteiger partial charge in [-0.2, -0.15) is 0 Å². The molecule has 6 nitrogen and oxygen atoms in total. The van der Waals surface area contributed by atoms with Crippen LogP contribution in [-0.2, 0) is 15.9 Å². The number of hydrogen-bond donors (Lipinski definition) is 1. The van der Waals surface area contributed by atoms with E-state index in [1.165, 1.54) is 12.1 Å². The zero-order chi connectivity index (χ0) is 25.0. The highest BCUT2D eigenvalue weighted by atomic mass is 19.1. The molecule has 2 aromatic rings. The van der Waals surface area contributed by atoms with Crippen LogP contribution < -0.4 is 4.74 Å². The third-order valence-corrected chi connectivity index (χ3v) is 7.48. The standard InChI is InChI=1S/C28H34FNO5/c1-27(2,3)35-26(32)30-13-12-23-18(16-30)14-21-24(33-23)20-6-5-7-22(31)25(20)34-28(21,4)15-17-8-10-19(29)11-9-17/h5-11,18,21,23-24,31H,12-16H2,1-4H3/t18-,21-,23-,24+,28+/m1/s1. The number of amides is 1. The van der Waals surface area contributed by atoms with Gasteiger partial charge in [0.15, 0.2) is 11.5 Å². The van der Waals surface area contributed by atoms with E-state index in [0.717, 1.165) is 24.0 Å². The quantitative estimate of drug-likeness (QED) is 0.600. The third-order valence-electron chi connectivity index (χ3n) is 7.48. The van der Waals surface area contributed by atoms with Gasteiger partial charge >= 0.3 is 6.09 Å². The number of halogens is 1. The fourth-order valence-corrected chi connectivity index (χ4v) is 5.86. The molecule has 5 rings (SSSR count). The molecule has 3 aliphatic heterocycles. The zero-order valence-electron chi connectivity index (χ0n) is 20.8. The molecule has 0 bridgehead atoms. The molecule has 2 aromatic carbocycles. The lowest BCUT2D eigenvalue weighted by molar-refractivity contribution is -0.189. The Kier molecular flexibility index (Phi) is 5.94. The fourth-order valence-electron chi connectivity index (χ4n) is 5.86. The number of aromatic hydroxyl groups is 1. The molecular weight excluding hydrogens is 449 g/mol. The Hall–Kier alpha value is -2.80. The second kappa shape index (κ2) is 8.70. The van der Waals surface area contributed by atoms with Crippen LogP contribution in [0.4, 0.5) is 9.18 Å². The van der Waals surface area contributed by atoms with Crippen molar-refractivity contribution in [1.82, 2.24) is 4.90 Å². The number of para-hydroxylation sites is 1. The fraction of sp³-hybridized carbons (Fsp3) is 0.536. The zero-order valence-corrected chi connectivity index (χ0v) is 20.8. The molecule has 188 valence electrons. The van der Waals surface area contributed by atoms with Gasteiger partial charge in [0, 0.05) is 36.9 Å². The molecule has 3 heterocycles. The molecule has 1 N–H and O–H groups in total. The molecule has 0 spiro atoms. The minimum Gasteiger partial charge on any atom is -0.504 e. The van der Waals surface area contributed by atoms with E-state index in [4.69, 9.17) is 14.2 Å². The number of phenols is 1. The average molecular weight is 484 g/mol. The van der Waals surface area contributed by atoms with Crippen molar-refractivity contribution in [1.29, 1.82) is 0 Å². The van der Waals surface area contributed by atoms with Gasteiger partial charge in [0.1, 0.15) is 17.0 Å². The maximum Gasteiger partial charge on any atom is 0.410 e. The number of rotatable bonds is 2. The minimum absolute atomic E-state index is 0.0123. The Labute approximate surface area is 206 Å². The van der Waals surface area contributed by atoms with Crippen molar-refractivity contribution in [3.63, 3.8) is 0 Å². The van der Waals surface area contributed by atoms with Crippen molar-refractivity contribution in [2.45, 2.75) is 70.4 Å². The highest BCUT2D eigenvalue weighted by Crippen LogP contribution is 2.55. The van der Waals surface area contributed by atoms with Crippen molar-refractivity contribution in [2.75, 3.05) is 13.1 Å². The van der Waals surface area contributed by atoms with Gasteiger partial charge in [-0.15, -0.1) is 0 Å². The van der Waals surface area contributed by atoms with Gasteiger partial charge in [0.05, 0.1) is 12.2 Å². The highest BCUT2D eigenvalue weighted by molar-refractivity contribution is 5.68. The number of phenolic OH excluding ortho intramolecular Hbond substituents is 1. The van der Waals surface area contributed by atoms with Gasteiger partial charge in [0.2, 0.25) is 0 Å². The highest BCUT2D eigenvalue weighted by Gasteiger charge is 2.54. The second-order valence-corrected chi connectivity index (χ2v) is 11.3. The predicted molar refractivity (Wildman–Crippen MR) is 129 cm³/mol. The maximum atomic E-state index is 13.5. The molecule has 3 aliphatic rings. The summed E-state index contributed by atoms with van der Waals surface area (Å²) in [5.41, 5.74) is 0.582. The normalized spacial score (nSPS) is 29.9. The van der Waals surface area contributed by atoms with Crippen LogP contribution in [0.2, 0.25) is 0 Å². The molecule has 0 unspecified atom stereocenters. The first kappa shape index (κ1) is 23.9. The number of carbonyl (C=O) groups is 1. The van der Waals surface area contributed by atoms with Crippen molar-refractivity contribution in [2.24, 2.45) is 11.8 Å². The Balaban J connectivity index is 1.44. The number of likely N-dealkylation sites (tertiary alicyclic amines) is 1. The van der Waals surface area contributed by atoms with Crippen LogP contribution in [-0.4, -0.2) is 46.5 Å². The smallest absolute Gasteiger partial charge is 0.410 e. The first-order chi connectivity index (χ1) is 16.5. The molecule has 5 atom stereocenters. The van der Waals surface area contributed by atoms with Crippen LogP contribution in [0.3, 0.4) is 0 Å². The van der Waals surface area contributed by atoms with Gasteiger partial charge in [-0.1, -0.05) is 24.3 Å². The summed E-state index contributed by atoms with van der Waals surface area (Å²) in [6.45, 7) is 8.82. The van der Waals surface area contributed by atoms with Crippen LogP contribution in [0.1, 0.15) is 57.8 Å². The van der Waals surface area contributed by atoms with Gasteiger partial charge in [-0.25, -0.2) is 9.18 Å². The molecule has 2 fully saturated rings. The number of ether oxygens (including phenoxy) is 3. The van der Waals surface area contributed by atoms with Crippen molar-refractivity contribution < 1.29 is 28.5 Å². The van der Waals surface area contributed by atoms with E-state index in [0.29, 0.717) is 25.3 Å². The molecule has 0 saturated carbocycles. The van der Waals surface area contributed by atoms with Crippen molar-refractivity contribution in [3.8, 4) is 11.5 Å². The molecule has 2 saturated heterocycles. The molecule has 35 heavy (non-hydrogen) atoms. The summed E-state index contributed by atoms with van der Waals surface area (Å²) in [4.78, 5) is 14.5. The monoisotopic (exact) mass is 483 g/mol. The number of carbonyl (C=O) groups excluding carboxylic acids is 1. The summed E-state index contributed by atoms with van der Waals surface area (Å²) in [7, 11) is 0. The first-order valence-corrected chi connectivity index (χ1v) is 12.4. The molecular formula is C28H34FNO5. The average Bonchev–Trinajstić information content (AvgIpc) is 2.79. The lowest BCUT2D eigenvalue weighted by Gasteiger charge is -2.54. The SMILES string of the molecule is CC(C)(C)OC(=O)N1CC[C@H]2O[C@H]3c4cccc(O)c4O[C@@](C)(Cc4ccc(F)cc4)[C@@H]3C[C@@H]2C1. The van der Waals surface area contributed by atoms with Gasteiger partial charge in [-0.3, -0.25) is 0 Å².